The third-order valence-electron chi connectivity index (χ3n) is 1.86. The average molecular weight is 212 g/mol. The highest BCUT2D eigenvalue weighted by Crippen LogP contribution is 2.15. The van der Waals surface area contributed by atoms with E-state index in [1.54, 1.807) is 0 Å². The van der Waals surface area contributed by atoms with Crippen LogP contribution in [0.1, 0.15) is 11.5 Å². The lowest BCUT2D eigenvalue weighted by Gasteiger charge is -2.10. The predicted octanol–water partition coefficient (Wildman–Crippen LogP) is -0.1000. The van der Waals surface area contributed by atoms with Crippen LogP contribution in [0, 0.1) is 5.82 Å². The number of carbonyl (C=O) groups excluding carboxylic acids is 2. The first-order valence-corrected chi connectivity index (χ1v) is 4.05. The van der Waals surface area contributed by atoms with Crippen LogP contribution in [0.2, 0.25) is 0 Å². The fraction of sp³-hybridized carbons (Fsp3) is 0.111. The minimum Gasteiger partial charge on any atom is -0.369 e. The Kier molecular flexibility index (Phi) is 3.35. The van der Waals surface area contributed by atoms with Crippen LogP contribution in [0.15, 0.2) is 24.3 Å². The maximum Gasteiger partial charge on any atom is 0.260 e. The van der Waals surface area contributed by atoms with Crippen LogP contribution in [0.4, 0.5) is 4.39 Å². The molecule has 1 aromatic carbocycles. The molecule has 0 aliphatic rings. The van der Waals surface area contributed by atoms with Crippen molar-refractivity contribution in [1.82, 2.24) is 5.48 Å². The van der Waals surface area contributed by atoms with Crippen molar-refractivity contribution in [2.75, 3.05) is 0 Å². The number of halogens is 1. The maximum atomic E-state index is 12.6. The lowest BCUT2D eigenvalue weighted by Crippen LogP contribution is -2.35. The van der Waals surface area contributed by atoms with Crippen molar-refractivity contribution in [3.05, 3.63) is 35.6 Å². The van der Waals surface area contributed by atoms with Gasteiger partial charge in [0, 0.05) is 0 Å². The Labute approximate surface area is 84.7 Å². The van der Waals surface area contributed by atoms with Gasteiger partial charge in [0.1, 0.15) is 11.7 Å². The largest absolute Gasteiger partial charge is 0.369 e. The quantitative estimate of drug-likeness (QED) is 0.371. The second-order valence-electron chi connectivity index (χ2n) is 2.86. The van der Waals surface area contributed by atoms with Gasteiger partial charge in [0.05, 0.1) is 0 Å². The monoisotopic (exact) mass is 212 g/mol. The van der Waals surface area contributed by atoms with Gasteiger partial charge in [-0.15, -0.1) is 0 Å². The third-order valence-corrected chi connectivity index (χ3v) is 1.86. The molecule has 80 valence electrons. The minimum absolute atomic E-state index is 0.218. The number of hydroxylamine groups is 1. The molecular weight excluding hydrogens is 203 g/mol. The summed E-state index contributed by atoms with van der Waals surface area (Å²) in [7, 11) is 0. The fourth-order valence-electron chi connectivity index (χ4n) is 1.16. The number of nitrogens with two attached hydrogens (primary N) is 1. The first-order valence-electron chi connectivity index (χ1n) is 4.05. The van der Waals surface area contributed by atoms with E-state index in [0.29, 0.717) is 0 Å². The third kappa shape index (κ3) is 2.50. The first-order chi connectivity index (χ1) is 7.06. The molecule has 0 aromatic heterocycles. The van der Waals surface area contributed by atoms with Crippen molar-refractivity contribution in [3.63, 3.8) is 0 Å². The first kappa shape index (κ1) is 11.1. The highest BCUT2D eigenvalue weighted by molar-refractivity contribution is 6.04. The number of benzene rings is 1. The topological polar surface area (TPSA) is 92.4 Å². The summed E-state index contributed by atoms with van der Waals surface area (Å²) in [5.74, 6) is -3.69. The predicted molar refractivity (Wildman–Crippen MR) is 48.3 cm³/mol. The summed E-state index contributed by atoms with van der Waals surface area (Å²) >= 11 is 0. The molecule has 1 atom stereocenters. The molecule has 0 radical (unpaired) electrons. The number of hydrogen-bond donors (Lipinski definition) is 3. The molecule has 0 saturated carbocycles. The number of primary amides is 1. The van der Waals surface area contributed by atoms with Gasteiger partial charge in [-0.2, -0.15) is 0 Å². The van der Waals surface area contributed by atoms with Crippen LogP contribution in [0.25, 0.3) is 0 Å². The molecule has 1 unspecified atom stereocenters. The van der Waals surface area contributed by atoms with E-state index in [9.17, 15) is 14.0 Å². The molecule has 5 nitrogen and oxygen atoms in total. The van der Waals surface area contributed by atoms with E-state index in [1.165, 1.54) is 17.6 Å². The molecule has 0 saturated heterocycles. The van der Waals surface area contributed by atoms with E-state index in [2.05, 4.69) is 0 Å². The molecule has 0 fully saturated rings. The molecule has 1 aromatic rings. The standard InChI is InChI=1S/C9H9FN2O3/c10-6-3-1-5(2-4-6)7(8(11)13)9(14)12-15/h1-4,7,15H,(H2,11,13)(H,12,14). The summed E-state index contributed by atoms with van der Waals surface area (Å²) in [5, 5.41) is 8.39. The van der Waals surface area contributed by atoms with Crippen molar-refractivity contribution < 1.29 is 19.2 Å². The van der Waals surface area contributed by atoms with Gasteiger partial charge in [0.2, 0.25) is 5.91 Å². The molecule has 1 rings (SSSR count). The zero-order chi connectivity index (χ0) is 11.4. The molecule has 15 heavy (non-hydrogen) atoms. The Hall–Kier alpha value is -1.95. The second-order valence-corrected chi connectivity index (χ2v) is 2.86. The van der Waals surface area contributed by atoms with Gasteiger partial charge < -0.3 is 5.73 Å². The number of amides is 2. The molecule has 0 heterocycles. The van der Waals surface area contributed by atoms with Crippen molar-refractivity contribution in [3.8, 4) is 0 Å². The second kappa shape index (κ2) is 4.52. The highest BCUT2D eigenvalue weighted by atomic mass is 19.1. The van der Waals surface area contributed by atoms with E-state index in [0.717, 1.165) is 12.1 Å². The van der Waals surface area contributed by atoms with Crippen molar-refractivity contribution in [2.45, 2.75) is 5.92 Å². The summed E-state index contributed by atoms with van der Waals surface area (Å²) in [6.07, 6.45) is 0. The van der Waals surface area contributed by atoms with Crippen LogP contribution >= 0.6 is 0 Å². The fourth-order valence-corrected chi connectivity index (χ4v) is 1.16. The molecule has 2 amide bonds. The Balaban J connectivity index is 3.04. The van der Waals surface area contributed by atoms with E-state index < -0.39 is 23.5 Å². The number of hydrogen-bond acceptors (Lipinski definition) is 3. The van der Waals surface area contributed by atoms with Gasteiger partial charge in [-0.05, 0) is 17.7 Å². The van der Waals surface area contributed by atoms with Crippen LogP contribution in [0.3, 0.4) is 0 Å². The zero-order valence-corrected chi connectivity index (χ0v) is 7.61. The van der Waals surface area contributed by atoms with Crippen molar-refractivity contribution in [1.29, 1.82) is 0 Å². The minimum atomic E-state index is -1.32. The molecular formula is C9H9FN2O3. The molecule has 4 N–H and O–H groups in total. The van der Waals surface area contributed by atoms with Gasteiger partial charge in [-0.3, -0.25) is 14.8 Å². The summed E-state index contributed by atoms with van der Waals surface area (Å²) in [6.45, 7) is 0. The Morgan fingerprint density at radius 1 is 1.33 bits per heavy atom. The lowest BCUT2D eigenvalue weighted by molar-refractivity contribution is -0.135. The smallest absolute Gasteiger partial charge is 0.260 e. The van der Waals surface area contributed by atoms with Crippen LogP contribution < -0.4 is 11.2 Å². The van der Waals surface area contributed by atoms with Gasteiger partial charge in [0.15, 0.2) is 0 Å². The van der Waals surface area contributed by atoms with Crippen molar-refractivity contribution in [2.24, 2.45) is 5.73 Å². The van der Waals surface area contributed by atoms with E-state index in [4.69, 9.17) is 10.9 Å². The van der Waals surface area contributed by atoms with Crippen molar-refractivity contribution >= 4 is 11.8 Å². The van der Waals surface area contributed by atoms with Gasteiger partial charge in [-0.25, -0.2) is 9.87 Å². The summed E-state index contributed by atoms with van der Waals surface area (Å²) < 4.78 is 12.6. The number of rotatable bonds is 3. The normalized spacial score (nSPS) is 11.9. The molecule has 0 spiro atoms. The van der Waals surface area contributed by atoms with Crippen LogP contribution in [-0.2, 0) is 9.59 Å². The van der Waals surface area contributed by atoms with Gasteiger partial charge >= 0.3 is 0 Å². The van der Waals surface area contributed by atoms with E-state index in [1.807, 2.05) is 0 Å². The number of nitrogens with one attached hydrogen (secondary N) is 1. The molecule has 0 bridgehead atoms. The summed E-state index contributed by atoms with van der Waals surface area (Å²) in [5.41, 5.74) is 6.52. The molecule has 0 aliphatic carbocycles. The van der Waals surface area contributed by atoms with Crippen LogP contribution in [-0.4, -0.2) is 17.0 Å². The van der Waals surface area contributed by atoms with Crippen LogP contribution in [0.5, 0.6) is 0 Å². The Morgan fingerprint density at radius 3 is 2.27 bits per heavy atom. The SMILES string of the molecule is NC(=O)C(C(=O)NO)c1ccc(F)cc1. The Bertz CT molecular complexity index is 377. The maximum absolute atomic E-state index is 12.6. The number of carbonyl (C=O) groups is 2. The molecule has 0 aliphatic heterocycles. The van der Waals surface area contributed by atoms with E-state index >= 15 is 0 Å². The highest BCUT2D eigenvalue weighted by Gasteiger charge is 2.25. The average Bonchev–Trinajstić information content (AvgIpc) is 2.20. The summed E-state index contributed by atoms with van der Waals surface area (Å²) in [4.78, 5) is 22.0. The van der Waals surface area contributed by atoms with Gasteiger partial charge in [-0.1, -0.05) is 12.1 Å². The zero-order valence-electron chi connectivity index (χ0n) is 7.61. The molecule has 6 heteroatoms. The lowest BCUT2D eigenvalue weighted by atomic mass is 9.98. The van der Waals surface area contributed by atoms with Gasteiger partial charge in [0.25, 0.3) is 5.91 Å². The Morgan fingerprint density at radius 2 is 1.87 bits per heavy atom. The summed E-state index contributed by atoms with van der Waals surface area (Å²) in [6, 6.07) is 4.69. The van der Waals surface area contributed by atoms with E-state index in [-0.39, 0.29) is 5.56 Å².